The maximum atomic E-state index is 5.46. The Labute approximate surface area is 92.4 Å². The van der Waals surface area contributed by atoms with E-state index in [1.165, 1.54) is 5.75 Å². The minimum Gasteiger partial charge on any atom is -0.271 e. The Hall–Kier alpha value is -0.170. The number of terminal acetylenes is 1. The fourth-order valence-corrected chi connectivity index (χ4v) is 2.27. The minimum absolute atomic E-state index is 0.409. The third-order valence-electron chi connectivity index (χ3n) is 1.88. The molecule has 0 aromatic carbocycles. The van der Waals surface area contributed by atoms with Crippen LogP contribution in [0.4, 0.5) is 0 Å². The van der Waals surface area contributed by atoms with E-state index in [0.29, 0.717) is 6.04 Å². The Morgan fingerprint density at radius 3 is 2.64 bits per heavy atom. The Morgan fingerprint density at radius 2 is 2.14 bits per heavy atom. The third-order valence-corrected chi connectivity index (χ3v) is 3.42. The molecule has 0 heterocycles. The SMILES string of the molecule is C#CCCCC(CSCC(C)C)NN. The highest BCUT2D eigenvalue weighted by Crippen LogP contribution is 2.11. The van der Waals surface area contributed by atoms with Gasteiger partial charge in [-0.2, -0.15) is 11.8 Å². The summed E-state index contributed by atoms with van der Waals surface area (Å²) in [4.78, 5) is 0. The monoisotopic (exact) mass is 214 g/mol. The van der Waals surface area contributed by atoms with Crippen LogP contribution in [0.25, 0.3) is 0 Å². The van der Waals surface area contributed by atoms with Crippen LogP contribution in [0.2, 0.25) is 0 Å². The normalized spacial score (nSPS) is 12.8. The van der Waals surface area contributed by atoms with Gasteiger partial charge in [-0.25, -0.2) is 0 Å². The largest absolute Gasteiger partial charge is 0.271 e. The van der Waals surface area contributed by atoms with Crippen molar-refractivity contribution in [3.8, 4) is 12.3 Å². The molecule has 0 bridgehead atoms. The highest BCUT2D eigenvalue weighted by atomic mass is 32.2. The molecule has 0 amide bonds. The molecule has 0 aliphatic heterocycles. The van der Waals surface area contributed by atoms with Crippen LogP contribution in [0.5, 0.6) is 0 Å². The average Bonchev–Trinajstić information content (AvgIpc) is 2.15. The Kier molecular flexibility index (Phi) is 9.27. The fourth-order valence-electron chi connectivity index (χ4n) is 1.11. The molecule has 3 N–H and O–H groups in total. The Balaban J connectivity index is 3.43. The van der Waals surface area contributed by atoms with Gasteiger partial charge in [0.25, 0.3) is 0 Å². The maximum Gasteiger partial charge on any atom is 0.0301 e. The van der Waals surface area contributed by atoms with E-state index in [1.54, 1.807) is 0 Å². The molecule has 0 spiro atoms. The maximum absolute atomic E-state index is 5.46. The van der Waals surface area contributed by atoms with Crippen LogP contribution in [-0.4, -0.2) is 17.5 Å². The first-order valence-electron chi connectivity index (χ1n) is 5.18. The van der Waals surface area contributed by atoms with Crippen LogP contribution >= 0.6 is 11.8 Å². The summed E-state index contributed by atoms with van der Waals surface area (Å²) in [6.07, 6.45) is 8.18. The third kappa shape index (κ3) is 8.43. The van der Waals surface area contributed by atoms with Crippen LogP contribution in [0, 0.1) is 18.3 Å². The van der Waals surface area contributed by atoms with E-state index in [9.17, 15) is 0 Å². The molecule has 2 nitrogen and oxygen atoms in total. The van der Waals surface area contributed by atoms with Crippen molar-refractivity contribution >= 4 is 11.8 Å². The van der Waals surface area contributed by atoms with Gasteiger partial charge >= 0.3 is 0 Å². The van der Waals surface area contributed by atoms with E-state index in [-0.39, 0.29) is 0 Å². The lowest BCUT2D eigenvalue weighted by Crippen LogP contribution is -2.37. The quantitative estimate of drug-likeness (QED) is 0.281. The van der Waals surface area contributed by atoms with Gasteiger partial charge in [0.2, 0.25) is 0 Å². The van der Waals surface area contributed by atoms with Gasteiger partial charge < -0.3 is 0 Å². The first-order chi connectivity index (χ1) is 6.70. The van der Waals surface area contributed by atoms with Crippen LogP contribution in [0.1, 0.15) is 33.1 Å². The molecular weight excluding hydrogens is 192 g/mol. The van der Waals surface area contributed by atoms with Crippen molar-refractivity contribution in [3.63, 3.8) is 0 Å². The molecule has 3 heteroatoms. The molecular formula is C11H22N2S. The zero-order valence-corrected chi connectivity index (χ0v) is 10.1. The Morgan fingerprint density at radius 1 is 1.43 bits per heavy atom. The molecule has 82 valence electrons. The molecule has 0 radical (unpaired) electrons. The first kappa shape index (κ1) is 13.8. The molecule has 1 unspecified atom stereocenters. The number of hydrazine groups is 1. The van der Waals surface area contributed by atoms with E-state index in [1.807, 2.05) is 11.8 Å². The second-order valence-corrected chi connectivity index (χ2v) is 4.97. The number of rotatable bonds is 8. The summed E-state index contributed by atoms with van der Waals surface area (Å²) in [5.41, 5.74) is 2.85. The van der Waals surface area contributed by atoms with E-state index < -0.39 is 0 Å². The van der Waals surface area contributed by atoms with E-state index in [4.69, 9.17) is 12.3 Å². The molecule has 0 aromatic heterocycles. The van der Waals surface area contributed by atoms with Gasteiger partial charge in [-0.3, -0.25) is 11.3 Å². The average molecular weight is 214 g/mol. The van der Waals surface area contributed by atoms with Gasteiger partial charge in [-0.15, -0.1) is 12.3 Å². The molecule has 1 atom stereocenters. The smallest absolute Gasteiger partial charge is 0.0301 e. The van der Waals surface area contributed by atoms with Crippen molar-refractivity contribution in [1.29, 1.82) is 0 Å². The summed E-state index contributed by atoms with van der Waals surface area (Å²) in [6.45, 7) is 4.46. The van der Waals surface area contributed by atoms with Gasteiger partial charge in [-0.1, -0.05) is 13.8 Å². The van der Waals surface area contributed by atoms with Gasteiger partial charge in [0.05, 0.1) is 0 Å². The summed E-state index contributed by atoms with van der Waals surface area (Å²) in [6, 6.07) is 0.409. The Bertz CT molecular complexity index is 163. The number of nitrogens with one attached hydrogen (secondary N) is 1. The first-order valence-corrected chi connectivity index (χ1v) is 6.33. The molecule has 0 fully saturated rings. The lowest BCUT2D eigenvalue weighted by Gasteiger charge is -2.15. The topological polar surface area (TPSA) is 38.0 Å². The lowest BCUT2D eigenvalue weighted by atomic mass is 10.1. The second kappa shape index (κ2) is 9.39. The van der Waals surface area contributed by atoms with Crippen LogP contribution in [0.15, 0.2) is 0 Å². The van der Waals surface area contributed by atoms with Crippen molar-refractivity contribution in [2.75, 3.05) is 11.5 Å². The number of hydrogen-bond donors (Lipinski definition) is 2. The van der Waals surface area contributed by atoms with E-state index >= 15 is 0 Å². The van der Waals surface area contributed by atoms with Gasteiger partial charge in [0, 0.05) is 18.2 Å². The highest BCUT2D eigenvalue weighted by molar-refractivity contribution is 7.99. The summed E-state index contributed by atoms with van der Waals surface area (Å²) in [7, 11) is 0. The van der Waals surface area contributed by atoms with Crippen molar-refractivity contribution in [2.45, 2.75) is 39.2 Å². The second-order valence-electron chi connectivity index (χ2n) is 3.89. The summed E-state index contributed by atoms with van der Waals surface area (Å²) in [5, 5.41) is 0. The van der Waals surface area contributed by atoms with Crippen molar-refractivity contribution in [1.82, 2.24) is 5.43 Å². The molecule has 0 aliphatic rings. The van der Waals surface area contributed by atoms with Crippen molar-refractivity contribution in [3.05, 3.63) is 0 Å². The van der Waals surface area contributed by atoms with Crippen LogP contribution in [0.3, 0.4) is 0 Å². The van der Waals surface area contributed by atoms with Gasteiger partial charge in [0.15, 0.2) is 0 Å². The van der Waals surface area contributed by atoms with E-state index in [0.717, 1.165) is 30.9 Å². The summed E-state index contributed by atoms with van der Waals surface area (Å²) < 4.78 is 0. The lowest BCUT2D eigenvalue weighted by molar-refractivity contribution is 0.524. The van der Waals surface area contributed by atoms with Crippen LogP contribution in [-0.2, 0) is 0 Å². The van der Waals surface area contributed by atoms with Crippen LogP contribution < -0.4 is 11.3 Å². The molecule has 0 saturated carbocycles. The molecule has 14 heavy (non-hydrogen) atoms. The molecule has 0 rings (SSSR count). The van der Waals surface area contributed by atoms with Gasteiger partial charge in [0.1, 0.15) is 0 Å². The predicted octanol–water partition coefficient (Wildman–Crippen LogP) is 2.01. The number of hydrogen-bond acceptors (Lipinski definition) is 3. The zero-order valence-electron chi connectivity index (χ0n) is 9.25. The standard InChI is InChI=1S/C11H22N2S/c1-4-5-6-7-11(13-12)9-14-8-10(2)3/h1,10-11,13H,5-9,12H2,2-3H3. The van der Waals surface area contributed by atoms with Gasteiger partial charge in [-0.05, 0) is 24.5 Å². The van der Waals surface area contributed by atoms with Crippen molar-refractivity contribution in [2.24, 2.45) is 11.8 Å². The predicted molar refractivity (Wildman–Crippen MR) is 66.0 cm³/mol. The zero-order chi connectivity index (χ0) is 10.8. The highest BCUT2D eigenvalue weighted by Gasteiger charge is 2.06. The molecule has 0 aliphatic carbocycles. The van der Waals surface area contributed by atoms with Crippen molar-refractivity contribution < 1.29 is 0 Å². The molecule has 0 saturated heterocycles. The number of thioether (sulfide) groups is 1. The fraction of sp³-hybridized carbons (Fsp3) is 0.818. The number of nitrogens with two attached hydrogens (primary N) is 1. The summed E-state index contributed by atoms with van der Waals surface area (Å²) in [5.74, 6) is 11.1. The van der Waals surface area contributed by atoms with E-state index in [2.05, 4.69) is 25.2 Å². The summed E-state index contributed by atoms with van der Waals surface area (Å²) >= 11 is 1.96. The molecule has 0 aromatic rings. The minimum atomic E-state index is 0.409. The number of unbranched alkanes of at least 4 members (excludes halogenated alkanes) is 1.